The van der Waals surface area contributed by atoms with Gasteiger partial charge in [0.1, 0.15) is 0 Å². The average Bonchev–Trinajstić information content (AvgIpc) is 3.40. The summed E-state index contributed by atoms with van der Waals surface area (Å²) in [5.74, 6) is -0.294. The van der Waals surface area contributed by atoms with Crippen LogP contribution in [0.1, 0.15) is 42.6 Å². The molecule has 3 nitrogen and oxygen atoms in total. The lowest BCUT2D eigenvalue weighted by molar-refractivity contribution is -0.139. The van der Waals surface area contributed by atoms with Crippen molar-refractivity contribution in [2.24, 2.45) is 0 Å². The normalized spacial score (nSPS) is 15.7. The number of benzene rings is 1. The zero-order valence-electron chi connectivity index (χ0n) is 13.8. The molecule has 3 rings (SSSR count). The zero-order valence-corrected chi connectivity index (χ0v) is 13.8. The molecule has 1 heterocycles. The molecule has 132 valence electrons. The predicted octanol–water partition coefficient (Wildman–Crippen LogP) is 4.40. The minimum absolute atomic E-state index is 0.0128. The molecule has 1 amide bonds. The second-order valence-corrected chi connectivity index (χ2v) is 6.29. The molecule has 6 heteroatoms. The van der Waals surface area contributed by atoms with E-state index in [2.05, 4.69) is 4.98 Å². The molecule has 2 aromatic rings. The van der Waals surface area contributed by atoms with Crippen molar-refractivity contribution in [3.05, 3.63) is 65.5 Å². The highest BCUT2D eigenvalue weighted by Crippen LogP contribution is 2.36. The van der Waals surface area contributed by atoms with Crippen molar-refractivity contribution in [3.63, 3.8) is 0 Å². The summed E-state index contributed by atoms with van der Waals surface area (Å²) >= 11 is 0. The minimum atomic E-state index is -4.46. The Labute approximate surface area is 144 Å². The second-order valence-electron chi connectivity index (χ2n) is 6.29. The van der Waals surface area contributed by atoms with E-state index in [9.17, 15) is 18.0 Å². The Hall–Kier alpha value is -2.37. The fourth-order valence-corrected chi connectivity index (χ4v) is 3.06. The molecule has 1 fully saturated rings. The number of hydrogen-bond donors (Lipinski definition) is 0. The number of carbonyl (C=O) groups excluding carboxylic acids is 1. The van der Waals surface area contributed by atoms with Crippen molar-refractivity contribution in [3.8, 4) is 0 Å². The van der Waals surface area contributed by atoms with Gasteiger partial charge in [-0.2, -0.15) is 13.2 Å². The van der Waals surface area contributed by atoms with Gasteiger partial charge in [0.05, 0.1) is 23.7 Å². The van der Waals surface area contributed by atoms with Gasteiger partial charge in [-0.15, -0.1) is 0 Å². The third-order valence-electron chi connectivity index (χ3n) is 4.43. The summed E-state index contributed by atoms with van der Waals surface area (Å²) in [6.07, 6.45) is -1.31. The molecule has 0 bridgehead atoms. The third kappa shape index (κ3) is 4.00. The standard InChI is InChI=1S/C19H19F3N2O/c1-13(17-8-4-5-11-23-17)24(15-9-10-15)18(25)12-14-6-2-3-7-16(14)19(20,21)22/h2-8,11,13,15H,9-10,12H2,1H3. The topological polar surface area (TPSA) is 33.2 Å². The van der Waals surface area contributed by atoms with Gasteiger partial charge in [-0.05, 0) is 43.5 Å². The number of amides is 1. The van der Waals surface area contributed by atoms with Crippen LogP contribution in [0, 0.1) is 0 Å². The Morgan fingerprint density at radius 1 is 1.20 bits per heavy atom. The maximum absolute atomic E-state index is 13.2. The number of nitrogens with zero attached hydrogens (tertiary/aromatic N) is 2. The molecule has 0 radical (unpaired) electrons. The van der Waals surface area contributed by atoms with Crippen LogP contribution >= 0.6 is 0 Å². The van der Waals surface area contributed by atoms with Gasteiger partial charge in [0, 0.05) is 12.2 Å². The Morgan fingerprint density at radius 3 is 2.48 bits per heavy atom. The summed E-state index contributed by atoms with van der Waals surface area (Å²) in [4.78, 5) is 18.8. The lowest BCUT2D eigenvalue weighted by atomic mass is 10.0. The summed E-state index contributed by atoms with van der Waals surface area (Å²) in [5, 5.41) is 0. The summed E-state index contributed by atoms with van der Waals surface area (Å²) in [6, 6.07) is 10.5. The van der Waals surface area contributed by atoms with E-state index in [1.54, 1.807) is 17.2 Å². The first kappa shape index (κ1) is 17.5. The van der Waals surface area contributed by atoms with Crippen molar-refractivity contribution in [2.75, 3.05) is 0 Å². The molecule has 1 aliphatic carbocycles. The van der Waals surface area contributed by atoms with E-state index in [4.69, 9.17) is 0 Å². The van der Waals surface area contributed by atoms with Crippen LogP contribution in [0.25, 0.3) is 0 Å². The maximum Gasteiger partial charge on any atom is 0.416 e. The number of aromatic nitrogens is 1. The monoisotopic (exact) mass is 348 g/mol. The first-order chi connectivity index (χ1) is 11.9. The van der Waals surface area contributed by atoms with E-state index in [-0.39, 0.29) is 30.0 Å². The highest BCUT2D eigenvalue weighted by atomic mass is 19.4. The van der Waals surface area contributed by atoms with Gasteiger partial charge < -0.3 is 4.90 Å². The zero-order chi connectivity index (χ0) is 18.0. The molecule has 1 aromatic heterocycles. The Bertz CT molecular complexity index is 742. The molecule has 0 spiro atoms. The van der Waals surface area contributed by atoms with Crippen molar-refractivity contribution in [2.45, 2.75) is 44.4 Å². The number of rotatable bonds is 5. The van der Waals surface area contributed by atoms with Crippen LogP contribution in [-0.4, -0.2) is 21.8 Å². The Morgan fingerprint density at radius 2 is 1.88 bits per heavy atom. The predicted molar refractivity (Wildman–Crippen MR) is 87.7 cm³/mol. The van der Waals surface area contributed by atoms with Gasteiger partial charge in [0.25, 0.3) is 0 Å². The van der Waals surface area contributed by atoms with Crippen LogP contribution in [0.15, 0.2) is 48.7 Å². The number of halogens is 3. The number of hydrogen-bond acceptors (Lipinski definition) is 2. The molecule has 25 heavy (non-hydrogen) atoms. The van der Waals surface area contributed by atoms with Crippen molar-refractivity contribution in [1.29, 1.82) is 0 Å². The van der Waals surface area contributed by atoms with Gasteiger partial charge >= 0.3 is 6.18 Å². The van der Waals surface area contributed by atoms with E-state index in [1.807, 2.05) is 19.1 Å². The second kappa shape index (κ2) is 6.86. The number of alkyl halides is 3. The van der Waals surface area contributed by atoms with E-state index in [0.29, 0.717) is 0 Å². The third-order valence-corrected chi connectivity index (χ3v) is 4.43. The molecule has 0 N–H and O–H groups in total. The van der Waals surface area contributed by atoms with Crippen LogP contribution < -0.4 is 0 Å². The van der Waals surface area contributed by atoms with Gasteiger partial charge in [-0.3, -0.25) is 9.78 Å². The number of carbonyl (C=O) groups is 1. The molecule has 1 saturated carbocycles. The highest BCUT2D eigenvalue weighted by Gasteiger charge is 2.38. The maximum atomic E-state index is 13.2. The molecular weight excluding hydrogens is 329 g/mol. The SMILES string of the molecule is CC(c1ccccn1)N(C(=O)Cc1ccccc1C(F)(F)F)C1CC1. The van der Waals surface area contributed by atoms with Crippen molar-refractivity contribution >= 4 is 5.91 Å². The first-order valence-electron chi connectivity index (χ1n) is 8.25. The van der Waals surface area contributed by atoms with Crippen LogP contribution in [0.3, 0.4) is 0 Å². The fourth-order valence-electron chi connectivity index (χ4n) is 3.06. The van der Waals surface area contributed by atoms with Crippen molar-refractivity contribution in [1.82, 2.24) is 9.88 Å². The van der Waals surface area contributed by atoms with E-state index < -0.39 is 11.7 Å². The molecular formula is C19H19F3N2O. The molecule has 1 aromatic carbocycles. The lowest BCUT2D eigenvalue weighted by Gasteiger charge is -2.29. The number of pyridine rings is 1. The Balaban J connectivity index is 1.84. The summed E-state index contributed by atoms with van der Waals surface area (Å²) in [5.41, 5.74) is 0.00955. The van der Waals surface area contributed by atoms with Gasteiger partial charge in [0.15, 0.2) is 0 Å². The summed E-state index contributed by atoms with van der Waals surface area (Å²) in [6.45, 7) is 1.87. The molecule has 0 saturated heterocycles. The van der Waals surface area contributed by atoms with Crippen LogP contribution in [0.2, 0.25) is 0 Å². The minimum Gasteiger partial charge on any atom is -0.331 e. The van der Waals surface area contributed by atoms with E-state index in [1.165, 1.54) is 18.2 Å². The quantitative estimate of drug-likeness (QED) is 0.803. The van der Waals surface area contributed by atoms with Crippen LogP contribution in [0.4, 0.5) is 13.2 Å². The van der Waals surface area contributed by atoms with E-state index in [0.717, 1.165) is 24.6 Å². The first-order valence-corrected chi connectivity index (χ1v) is 8.25. The fraction of sp³-hybridized carbons (Fsp3) is 0.368. The largest absolute Gasteiger partial charge is 0.416 e. The Kier molecular flexibility index (Phi) is 4.79. The van der Waals surface area contributed by atoms with Crippen LogP contribution in [-0.2, 0) is 17.4 Å². The van der Waals surface area contributed by atoms with Gasteiger partial charge in [-0.1, -0.05) is 24.3 Å². The average molecular weight is 348 g/mol. The molecule has 1 aliphatic rings. The smallest absolute Gasteiger partial charge is 0.331 e. The van der Waals surface area contributed by atoms with Gasteiger partial charge in [-0.25, -0.2) is 0 Å². The molecule has 1 unspecified atom stereocenters. The molecule has 1 atom stereocenters. The van der Waals surface area contributed by atoms with Gasteiger partial charge in [0.2, 0.25) is 5.91 Å². The van der Waals surface area contributed by atoms with E-state index >= 15 is 0 Å². The lowest BCUT2D eigenvalue weighted by Crippen LogP contribution is -2.37. The highest BCUT2D eigenvalue weighted by molar-refractivity contribution is 5.80. The van der Waals surface area contributed by atoms with Crippen LogP contribution in [0.5, 0.6) is 0 Å². The summed E-state index contributed by atoms with van der Waals surface area (Å²) < 4.78 is 39.5. The molecule has 0 aliphatic heterocycles. The van der Waals surface area contributed by atoms with Crippen molar-refractivity contribution < 1.29 is 18.0 Å². The summed E-state index contributed by atoms with van der Waals surface area (Å²) in [7, 11) is 0.